The number of amides is 2. The van der Waals surface area contributed by atoms with Crippen molar-refractivity contribution in [1.29, 1.82) is 0 Å². The molecule has 1 aromatic carbocycles. The Hall–Kier alpha value is -1.05. The molecule has 1 rings (SSSR count). The fraction of sp³-hybridized carbons (Fsp3) is 0.500. The van der Waals surface area contributed by atoms with Gasteiger partial charge >= 0.3 is 0 Å². The van der Waals surface area contributed by atoms with Gasteiger partial charge in [0.25, 0.3) is 5.91 Å². The lowest BCUT2D eigenvalue weighted by molar-refractivity contribution is -0.124. The molecule has 1 atom stereocenters. The minimum absolute atomic E-state index is 0.131. The first-order chi connectivity index (χ1) is 10.7. The van der Waals surface area contributed by atoms with Gasteiger partial charge < -0.3 is 15.7 Å². The second-order valence-electron chi connectivity index (χ2n) is 5.82. The van der Waals surface area contributed by atoms with Gasteiger partial charge in [-0.25, -0.2) is 0 Å². The van der Waals surface area contributed by atoms with Gasteiger partial charge in [-0.1, -0.05) is 12.1 Å². The van der Waals surface area contributed by atoms with E-state index in [4.69, 9.17) is 0 Å². The quantitative estimate of drug-likeness (QED) is 0.622. The lowest BCUT2D eigenvalue weighted by Crippen LogP contribution is -2.50. The molecular weight excluding hydrogens is 380 g/mol. The van der Waals surface area contributed by atoms with Crippen LogP contribution in [0, 0.1) is 0 Å². The van der Waals surface area contributed by atoms with E-state index in [2.05, 4.69) is 26.6 Å². The van der Waals surface area contributed by atoms with Gasteiger partial charge in [-0.3, -0.25) is 9.59 Å². The number of rotatable bonds is 8. The molecule has 7 heteroatoms. The Bertz CT molecular complexity index is 546. The van der Waals surface area contributed by atoms with Crippen LogP contribution in [0.5, 0.6) is 0 Å². The summed E-state index contributed by atoms with van der Waals surface area (Å²) < 4.78 is 0.679. The maximum Gasteiger partial charge on any atom is 0.253 e. The van der Waals surface area contributed by atoms with Gasteiger partial charge in [-0.05, 0) is 60.3 Å². The first kappa shape index (κ1) is 20.0. The van der Waals surface area contributed by atoms with Crippen LogP contribution in [0.1, 0.15) is 30.6 Å². The van der Waals surface area contributed by atoms with E-state index < -0.39 is 11.6 Å². The number of thioether (sulfide) groups is 1. The Morgan fingerprint density at radius 3 is 2.57 bits per heavy atom. The molecule has 0 aliphatic heterocycles. The molecule has 0 saturated heterocycles. The van der Waals surface area contributed by atoms with Crippen LogP contribution in [0.2, 0.25) is 0 Å². The number of hydrogen-bond donors (Lipinski definition) is 3. The summed E-state index contributed by atoms with van der Waals surface area (Å²) in [6, 6.07) is 6.43. The summed E-state index contributed by atoms with van der Waals surface area (Å²) in [4.78, 5) is 24.7. The first-order valence-electron chi connectivity index (χ1n) is 7.29. The molecule has 23 heavy (non-hydrogen) atoms. The molecule has 5 nitrogen and oxygen atoms in total. The largest absolute Gasteiger partial charge is 0.389 e. The predicted octanol–water partition coefficient (Wildman–Crippen LogP) is 2.19. The molecule has 0 unspecified atom stereocenters. The van der Waals surface area contributed by atoms with Gasteiger partial charge in [0, 0.05) is 11.0 Å². The summed E-state index contributed by atoms with van der Waals surface area (Å²) in [7, 11) is 0. The third-order valence-corrected chi connectivity index (χ3v) is 4.38. The van der Waals surface area contributed by atoms with Crippen molar-refractivity contribution >= 4 is 39.5 Å². The molecule has 128 valence electrons. The van der Waals surface area contributed by atoms with Gasteiger partial charge in [-0.2, -0.15) is 11.8 Å². The molecule has 0 aliphatic carbocycles. The third-order valence-electron chi connectivity index (χ3n) is 3.05. The van der Waals surface area contributed by atoms with Gasteiger partial charge in [0.1, 0.15) is 6.04 Å². The lowest BCUT2D eigenvalue weighted by atomic mass is 10.1. The Morgan fingerprint density at radius 2 is 2.00 bits per heavy atom. The summed E-state index contributed by atoms with van der Waals surface area (Å²) >= 11 is 4.94. The third kappa shape index (κ3) is 7.37. The summed E-state index contributed by atoms with van der Waals surface area (Å²) in [5.41, 5.74) is -0.511. The maximum absolute atomic E-state index is 12.4. The molecule has 1 aromatic rings. The van der Waals surface area contributed by atoms with Crippen molar-refractivity contribution in [2.75, 3.05) is 18.6 Å². The van der Waals surface area contributed by atoms with Crippen LogP contribution in [0.3, 0.4) is 0 Å². The number of nitrogens with one attached hydrogen (secondary N) is 2. The van der Waals surface area contributed by atoms with Crippen molar-refractivity contribution < 1.29 is 14.7 Å². The Labute approximate surface area is 149 Å². The fourth-order valence-corrected chi connectivity index (χ4v) is 2.75. The van der Waals surface area contributed by atoms with Crippen LogP contribution in [0.25, 0.3) is 0 Å². The van der Waals surface area contributed by atoms with E-state index in [-0.39, 0.29) is 18.4 Å². The fourth-order valence-electron chi connectivity index (χ4n) is 1.81. The molecule has 0 heterocycles. The van der Waals surface area contributed by atoms with Crippen LogP contribution < -0.4 is 10.6 Å². The minimum Gasteiger partial charge on any atom is -0.389 e. The molecule has 0 spiro atoms. The first-order valence-corrected chi connectivity index (χ1v) is 9.47. The number of hydrogen-bond acceptors (Lipinski definition) is 4. The number of carbonyl (C=O) groups is 2. The van der Waals surface area contributed by atoms with E-state index in [0.29, 0.717) is 16.5 Å². The number of carbonyl (C=O) groups excluding carboxylic acids is 2. The molecule has 2 amide bonds. The highest BCUT2D eigenvalue weighted by atomic mass is 79.9. The van der Waals surface area contributed by atoms with E-state index in [1.54, 1.807) is 43.8 Å². The maximum atomic E-state index is 12.4. The van der Waals surface area contributed by atoms with Crippen molar-refractivity contribution in [3.05, 3.63) is 34.3 Å². The molecule has 0 bridgehead atoms. The zero-order valence-electron chi connectivity index (χ0n) is 13.6. The molecular formula is C16H23BrN2O3S. The van der Waals surface area contributed by atoms with Crippen molar-refractivity contribution in [3.63, 3.8) is 0 Å². The van der Waals surface area contributed by atoms with Crippen LogP contribution >= 0.6 is 27.7 Å². The second-order valence-corrected chi connectivity index (χ2v) is 7.66. The Kier molecular flexibility index (Phi) is 8.08. The van der Waals surface area contributed by atoms with Gasteiger partial charge in [0.05, 0.1) is 11.2 Å². The van der Waals surface area contributed by atoms with E-state index in [1.165, 1.54) is 0 Å². The summed E-state index contributed by atoms with van der Waals surface area (Å²) in [5, 5.41) is 15.2. The van der Waals surface area contributed by atoms with Crippen LogP contribution in [-0.4, -0.2) is 47.1 Å². The van der Waals surface area contributed by atoms with Crippen LogP contribution in [-0.2, 0) is 4.79 Å². The smallest absolute Gasteiger partial charge is 0.253 e. The number of aliphatic hydroxyl groups is 1. The Balaban J connectivity index is 2.75. The molecule has 0 aromatic heterocycles. The molecule has 0 radical (unpaired) electrons. The van der Waals surface area contributed by atoms with E-state index in [0.717, 1.165) is 5.75 Å². The monoisotopic (exact) mass is 402 g/mol. The van der Waals surface area contributed by atoms with Crippen LogP contribution in [0.15, 0.2) is 28.7 Å². The zero-order chi connectivity index (χ0) is 17.5. The van der Waals surface area contributed by atoms with Crippen molar-refractivity contribution in [1.82, 2.24) is 10.6 Å². The van der Waals surface area contributed by atoms with Crippen molar-refractivity contribution in [3.8, 4) is 0 Å². The zero-order valence-corrected chi connectivity index (χ0v) is 16.0. The number of benzene rings is 1. The molecule has 0 fully saturated rings. The molecule has 0 aliphatic rings. The highest BCUT2D eigenvalue weighted by Gasteiger charge is 2.23. The molecule has 0 saturated carbocycles. The van der Waals surface area contributed by atoms with Crippen LogP contribution in [0.4, 0.5) is 0 Å². The van der Waals surface area contributed by atoms with Gasteiger partial charge in [-0.15, -0.1) is 0 Å². The summed E-state index contributed by atoms with van der Waals surface area (Å²) in [6.07, 6.45) is 2.47. The Morgan fingerprint density at radius 1 is 1.35 bits per heavy atom. The summed E-state index contributed by atoms with van der Waals surface area (Å²) in [6.45, 7) is 3.36. The lowest BCUT2D eigenvalue weighted by Gasteiger charge is -2.22. The van der Waals surface area contributed by atoms with Crippen molar-refractivity contribution in [2.45, 2.75) is 31.9 Å². The highest BCUT2D eigenvalue weighted by molar-refractivity contribution is 9.10. The highest BCUT2D eigenvalue weighted by Crippen LogP contribution is 2.16. The number of halogens is 1. The van der Waals surface area contributed by atoms with E-state index in [1.807, 2.05) is 12.3 Å². The average Bonchev–Trinajstić information content (AvgIpc) is 2.48. The van der Waals surface area contributed by atoms with E-state index in [9.17, 15) is 14.7 Å². The predicted molar refractivity (Wildman–Crippen MR) is 97.7 cm³/mol. The molecule has 3 N–H and O–H groups in total. The normalized spacial score (nSPS) is 12.6. The van der Waals surface area contributed by atoms with Crippen molar-refractivity contribution in [2.24, 2.45) is 0 Å². The van der Waals surface area contributed by atoms with Gasteiger partial charge in [0.15, 0.2) is 0 Å². The SMILES string of the molecule is CSCC[C@@H](NC(=O)c1ccccc1Br)C(=O)NCC(C)(C)O. The second kappa shape index (κ2) is 9.30. The van der Waals surface area contributed by atoms with Gasteiger partial charge in [0.2, 0.25) is 5.91 Å². The van der Waals surface area contributed by atoms with E-state index >= 15 is 0 Å². The topological polar surface area (TPSA) is 78.4 Å². The average molecular weight is 403 g/mol. The minimum atomic E-state index is -0.994. The summed E-state index contributed by atoms with van der Waals surface area (Å²) in [5.74, 6) is 0.153. The standard InChI is InChI=1S/C16H23BrN2O3S/c1-16(2,22)10-18-15(21)13(8-9-23-3)19-14(20)11-6-4-5-7-12(11)17/h4-7,13,22H,8-10H2,1-3H3,(H,18,21)(H,19,20)/t13-/m1/s1.